The highest BCUT2D eigenvalue weighted by Crippen LogP contribution is 2.23. The quantitative estimate of drug-likeness (QED) is 0.823. The summed E-state index contributed by atoms with van der Waals surface area (Å²) in [5, 5.41) is 0. The van der Waals surface area contributed by atoms with E-state index >= 15 is 0 Å². The first-order chi connectivity index (χ1) is 9.48. The summed E-state index contributed by atoms with van der Waals surface area (Å²) in [6.45, 7) is 0. The molecular formula is C13H14FN3O2S. The van der Waals surface area contributed by atoms with Gasteiger partial charge in [0.05, 0.1) is 11.4 Å². The summed E-state index contributed by atoms with van der Waals surface area (Å²) >= 11 is 0. The lowest BCUT2D eigenvalue weighted by Crippen LogP contribution is -2.20. The number of aryl methyl sites for hydroxylation is 1. The fourth-order valence-electron chi connectivity index (χ4n) is 1.64. The van der Waals surface area contributed by atoms with Crippen molar-refractivity contribution in [2.45, 2.75) is 6.42 Å². The largest absolute Gasteiger partial charge is 0.397 e. The van der Waals surface area contributed by atoms with Gasteiger partial charge in [-0.1, -0.05) is 12.1 Å². The molecule has 3 N–H and O–H groups in total. The summed E-state index contributed by atoms with van der Waals surface area (Å²) < 4.78 is 39.5. The summed E-state index contributed by atoms with van der Waals surface area (Å²) in [7, 11) is -3.69. The number of hydrogen-bond acceptors (Lipinski definition) is 4. The molecule has 0 bridgehead atoms. The molecule has 0 atom stereocenters. The Kier molecular flexibility index (Phi) is 4.19. The summed E-state index contributed by atoms with van der Waals surface area (Å²) in [5.74, 6) is -0.899. The van der Waals surface area contributed by atoms with Crippen LogP contribution in [0.2, 0.25) is 0 Å². The number of nitrogens with one attached hydrogen (secondary N) is 1. The van der Waals surface area contributed by atoms with E-state index in [2.05, 4.69) is 9.71 Å². The van der Waals surface area contributed by atoms with Crippen molar-refractivity contribution in [2.24, 2.45) is 0 Å². The third kappa shape index (κ3) is 3.67. The lowest BCUT2D eigenvalue weighted by atomic mass is 10.3. The van der Waals surface area contributed by atoms with E-state index < -0.39 is 15.8 Å². The molecule has 0 saturated heterocycles. The number of aromatic nitrogens is 1. The SMILES string of the molecule is Nc1cccc(F)c1NS(=O)(=O)CCc1ccccn1. The monoisotopic (exact) mass is 295 g/mol. The molecule has 0 aliphatic carbocycles. The first-order valence-corrected chi connectivity index (χ1v) is 7.57. The number of halogens is 1. The van der Waals surface area contributed by atoms with E-state index in [9.17, 15) is 12.8 Å². The van der Waals surface area contributed by atoms with Crippen LogP contribution in [-0.4, -0.2) is 19.2 Å². The second-order valence-corrected chi connectivity index (χ2v) is 6.04. The van der Waals surface area contributed by atoms with Gasteiger partial charge in [-0.25, -0.2) is 12.8 Å². The summed E-state index contributed by atoms with van der Waals surface area (Å²) in [6.07, 6.45) is 1.83. The minimum Gasteiger partial charge on any atom is -0.397 e. The standard InChI is InChI=1S/C13H14FN3O2S/c14-11-5-3-6-12(15)13(11)17-20(18,19)9-7-10-4-1-2-8-16-10/h1-6,8,17H,7,9,15H2. The van der Waals surface area contributed by atoms with Crippen molar-refractivity contribution in [1.29, 1.82) is 0 Å². The van der Waals surface area contributed by atoms with Crippen molar-refractivity contribution < 1.29 is 12.8 Å². The van der Waals surface area contributed by atoms with Crippen molar-refractivity contribution in [3.05, 3.63) is 54.1 Å². The van der Waals surface area contributed by atoms with Crippen LogP contribution in [0.4, 0.5) is 15.8 Å². The van der Waals surface area contributed by atoms with Crippen molar-refractivity contribution >= 4 is 21.4 Å². The molecule has 0 fully saturated rings. The Bertz CT molecular complexity index is 670. The molecule has 0 radical (unpaired) electrons. The first-order valence-electron chi connectivity index (χ1n) is 5.92. The van der Waals surface area contributed by atoms with Crippen molar-refractivity contribution in [3.8, 4) is 0 Å². The van der Waals surface area contributed by atoms with Crippen molar-refractivity contribution in [1.82, 2.24) is 4.98 Å². The maximum atomic E-state index is 13.5. The zero-order valence-electron chi connectivity index (χ0n) is 10.6. The van der Waals surface area contributed by atoms with Crippen LogP contribution in [0.15, 0.2) is 42.6 Å². The highest BCUT2D eigenvalue weighted by atomic mass is 32.2. The van der Waals surface area contributed by atoms with Gasteiger partial charge >= 0.3 is 0 Å². The average Bonchev–Trinajstić information content (AvgIpc) is 2.42. The number of anilines is 2. The fourth-order valence-corrected chi connectivity index (χ4v) is 2.75. The van der Waals surface area contributed by atoms with Gasteiger partial charge in [0.15, 0.2) is 0 Å². The van der Waals surface area contributed by atoms with Gasteiger partial charge in [-0.15, -0.1) is 0 Å². The highest BCUT2D eigenvalue weighted by Gasteiger charge is 2.15. The van der Waals surface area contributed by atoms with Gasteiger partial charge < -0.3 is 5.73 Å². The molecule has 106 valence electrons. The Hall–Kier alpha value is -2.15. The Labute approximate surface area is 116 Å². The molecular weight excluding hydrogens is 281 g/mol. The lowest BCUT2D eigenvalue weighted by molar-refractivity contribution is 0.597. The van der Waals surface area contributed by atoms with Crippen LogP contribution in [0.3, 0.4) is 0 Å². The molecule has 20 heavy (non-hydrogen) atoms. The summed E-state index contributed by atoms with van der Waals surface area (Å²) in [4.78, 5) is 4.03. The van der Waals surface area contributed by atoms with E-state index in [0.29, 0.717) is 5.69 Å². The molecule has 0 amide bonds. The number of hydrogen-bond donors (Lipinski definition) is 2. The Balaban J connectivity index is 2.08. The third-order valence-corrected chi connectivity index (χ3v) is 3.91. The molecule has 0 aliphatic rings. The molecule has 2 rings (SSSR count). The number of pyridine rings is 1. The minimum atomic E-state index is -3.69. The highest BCUT2D eigenvalue weighted by molar-refractivity contribution is 7.92. The fraction of sp³-hybridized carbons (Fsp3) is 0.154. The van der Waals surface area contributed by atoms with Crippen LogP contribution < -0.4 is 10.5 Å². The van der Waals surface area contributed by atoms with E-state index in [1.165, 1.54) is 12.1 Å². The number of nitrogens with two attached hydrogens (primary N) is 1. The zero-order valence-corrected chi connectivity index (χ0v) is 11.4. The number of nitrogen functional groups attached to an aromatic ring is 1. The lowest BCUT2D eigenvalue weighted by Gasteiger charge is -2.10. The number of nitrogens with zero attached hydrogens (tertiary/aromatic N) is 1. The maximum Gasteiger partial charge on any atom is 0.233 e. The van der Waals surface area contributed by atoms with Crippen molar-refractivity contribution in [3.63, 3.8) is 0 Å². The van der Waals surface area contributed by atoms with Gasteiger partial charge in [-0.3, -0.25) is 9.71 Å². The van der Waals surface area contributed by atoms with Gasteiger partial charge in [-0.2, -0.15) is 0 Å². The third-order valence-electron chi connectivity index (χ3n) is 2.66. The normalized spacial score (nSPS) is 11.2. The number of rotatable bonds is 5. The van der Waals surface area contributed by atoms with Crippen LogP contribution in [-0.2, 0) is 16.4 Å². The molecule has 0 saturated carbocycles. The van der Waals surface area contributed by atoms with E-state index in [-0.39, 0.29) is 23.5 Å². The maximum absolute atomic E-state index is 13.5. The Morgan fingerprint density at radius 1 is 1.20 bits per heavy atom. The molecule has 1 aromatic carbocycles. The van der Waals surface area contributed by atoms with Gasteiger partial charge in [-0.05, 0) is 24.3 Å². The number of para-hydroxylation sites is 1. The zero-order chi connectivity index (χ0) is 14.6. The summed E-state index contributed by atoms with van der Waals surface area (Å²) in [5.41, 5.74) is 6.04. The van der Waals surface area contributed by atoms with Crippen LogP contribution in [0, 0.1) is 5.82 Å². The molecule has 1 heterocycles. The van der Waals surface area contributed by atoms with E-state index in [1.807, 2.05) is 0 Å². The van der Waals surface area contributed by atoms with Gasteiger partial charge in [0, 0.05) is 18.3 Å². The molecule has 0 spiro atoms. The minimum absolute atomic E-state index is 0.0476. The van der Waals surface area contributed by atoms with Gasteiger partial charge in [0.1, 0.15) is 11.5 Å². The van der Waals surface area contributed by atoms with E-state index in [4.69, 9.17) is 5.73 Å². The number of sulfonamides is 1. The summed E-state index contributed by atoms with van der Waals surface area (Å²) in [6, 6.07) is 9.24. The molecule has 0 aliphatic heterocycles. The molecule has 2 aromatic rings. The molecule has 7 heteroatoms. The Morgan fingerprint density at radius 3 is 2.65 bits per heavy atom. The van der Waals surface area contributed by atoms with Crippen LogP contribution in [0.25, 0.3) is 0 Å². The van der Waals surface area contributed by atoms with Crippen LogP contribution in [0.1, 0.15) is 5.69 Å². The van der Waals surface area contributed by atoms with Crippen LogP contribution >= 0.6 is 0 Å². The average molecular weight is 295 g/mol. The Morgan fingerprint density at radius 2 is 2.00 bits per heavy atom. The molecule has 5 nitrogen and oxygen atoms in total. The predicted molar refractivity (Wildman–Crippen MR) is 76.2 cm³/mol. The van der Waals surface area contributed by atoms with E-state index in [1.54, 1.807) is 24.4 Å². The first kappa shape index (κ1) is 14.3. The number of benzene rings is 1. The second kappa shape index (κ2) is 5.87. The van der Waals surface area contributed by atoms with Crippen LogP contribution in [0.5, 0.6) is 0 Å². The predicted octanol–water partition coefficient (Wildman–Crippen LogP) is 1.79. The topological polar surface area (TPSA) is 85.1 Å². The molecule has 0 unspecified atom stereocenters. The second-order valence-electron chi connectivity index (χ2n) is 4.20. The van der Waals surface area contributed by atoms with Gasteiger partial charge in [0.2, 0.25) is 10.0 Å². The van der Waals surface area contributed by atoms with Gasteiger partial charge in [0.25, 0.3) is 0 Å². The van der Waals surface area contributed by atoms with Crippen molar-refractivity contribution in [2.75, 3.05) is 16.2 Å². The smallest absolute Gasteiger partial charge is 0.233 e. The molecule has 1 aromatic heterocycles. The van der Waals surface area contributed by atoms with E-state index in [0.717, 1.165) is 6.07 Å².